The molecule has 0 saturated carbocycles. The van der Waals surface area contributed by atoms with E-state index < -0.39 is 5.82 Å². The number of rotatable bonds is 6. The second-order valence-corrected chi connectivity index (χ2v) is 6.20. The van der Waals surface area contributed by atoms with Crippen molar-refractivity contribution in [1.82, 2.24) is 4.98 Å². The van der Waals surface area contributed by atoms with Gasteiger partial charge >= 0.3 is 0 Å². The van der Waals surface area contributed by atoms with E-state index in [9.17, 15) is 9.18 Å². The van der Waals surface area contributed by atoms with Crippen LogP contribution in [0.4, 0.5) is 15.2 Å². The van der Waals surface area contributed by atoms with Crippen LogP contribution in [0.25, 0.3) is 0 Å². The normalized spacial score (nSPS) is 10.4. The lowest BCUT2D eigenvalue weighted by Gasteiger charge is -2.20. The van der Waals surface area contributed by atoms with Gasteiger partial charge in [-0.25, -0.2) is 9.37 Å². The Balaban J connectivity index is 1.82. The van der Waals surface area contributed by atoms with Crippen LogP contribution in [0.5, 0.6) is 11.5 Å². The summed E-state index contributed by atoms with van der Waals surface area (Å²) in [6.45, 7) is 1.57. The summed E-state index contributed by atoms with van der Waals surface area (Å²) < 4.78 is 24.4. The Kier molecular flexibility index (Phi) is 5.48. The second kappa shape index (κ2) is 7.97. The lowest BCUT2D eigenvalue weighted by atomic mass is 10.2. The number of carbonyl (C=O) groups is 1. The van der Waals surface area contributed by atoms with Gasteiger partial charge in [0.05, 0.1) is 18.5 Å². The molecule has 0 bridgehead atoms. The van der Waals surface area contributed by atoms with Gasteiger partial charge < -0.3 is 9.47 Å². The van der Waals surface area contributed by atoms with Crippen molar-refractivity contribution >= 4 is 28.1 Å². The zero-order chi connectivity index (χ0) is 18.5. The van der Waals surface area contributed by atoms with Crippen LogP contribution in [0.2, 0.25) is 0 Å². The van der Waals surface area contributed by atoms with E-state index in [-0.39, 0.29) is 18.3 Å². The molecule has 1 amide bonds. The molecule has 7 heteroatoms. The second-order valence-electron chi connectivity index (χ2n) is 5.37. The summed E-state index contributed by atoms with van der Waals surface area (Å²) in [6.07, 6.45) is 0. The van der Waals surface area contributed by atoms with Gasteiger partial charge in [-0.1, -0.05) is 24.3 Å². The Labute approximate surface area is 154 Å². The number of carbonyl (C=O) groups excluding carboxylic acids is 1. The van der Waals surface area contributed by atoms with Gasteiger partial charge in [0.1, 0.15) is 12.4 Å². The summed E-state index contributed by atoms with van der Waals surface area (Å²) in [7, 11) is 1.55. The molecule has 26 heavy (non-hydrogen) atoms. The largest absolute Gasteiger partial charge is 0.495 e. The van der Waals surface area contributed by atoms with Gasteiger partial charge in [-0.3, -0.25) is 9.69 Å². The van der Waals surface area contributed by atoms with Gasteiger partial charge in [-0.15, -0.1) is 11.3 Å². The molecular formula is C19H17FN2O3S. The van der Waals surface area contributed by atoms with Crippen LogP contribution < -0.4 is 14.4 Å². The standard InChI is InChI=1S/C19H17FN2O3S/c1-13(23)22(16-8-4-6-10-18(16)24-2)19-21-14(12-26-19)11-25-17-9-5-3-7-15(17)20/h3-10,12H,11H2,1-2H3. The monoisotopic (exact) mass is 372 g/mol. The van der Waals surface area contributed by atoms with Crippen LogP contribution in [0, 0.1) is 5.82 Å². The molecule has 0 spiro atoms. The van der Waals surface area contributed by atoms with Crippen molar-refractivity contribution in [2.45, 2.75) is 13.5 Å². The molecule has 0 aliphatic rings. The number of para-hydroxylation sites is 3. The molecule has 3 aromatic rings. The number of ether oxygens (including phenoxy) is 2. The molecule has 1 heterocycles. The predicted octanol–water partition coefficient (Wildman–Crippen LogP) is 4.55. The van der Waals surface area contributed by atoms with Crippen molar-refractivity contribution in [3.05, 3.63) is 65.4 Å². The van der Waals surface area contributed by atoms with Crippen LogP contribution >= 0.6 is 11.3 Å². The highest BCUT2D eigenvalue weighted by atomic mass is 32.1. The summed E-state index contributed by atoms with van der Waals surface area (Å²) >= 11 is 1.30. The number of nitrogens with zero attached hydrogens (tertiary/aromatic N) is 2. The predicted molar refractivity (Wildman–Crippen MR) is 98.7 cm³/mol. The maximum Gasteiger partial charge on any atom is 0.230 e. The first-order chi connectivity index (χ1) is 12.6. The Bertz CT molecular complexity index is 913. The quantitative estimate of drug-likeness (QED) is 0.637. The SMILES string of the molecule is COc1ccccc1N(C(C)=O)c1nc(COc2ccccc2F)cs1. The molecule has 134 valence electrons. The number of amides is 1. The number of halogens is 1. The fourth-order valence-corrected chi connectivity index (χ4v) is 3.27. The van der Waals surface area contributed by atoms with Crippen LogP contribution in [-0.4, -0.2) is 18.0 Å². The molecular weight excluding hydrogens is 355 g/mol. The molecule has 0 atom stereocenters. The summed E-state index contributed by atoms with van der Waals surface area (Å²) in [5.41, 5.74) is 1.22. The number of anilines is 2. The smallest absolute Gasteiger partial charge is 0.230 e. The third-order valence-corrected chi connectivity index (χ3v) is 4.46. The summed E-state index contributed by atoms with van der Waals surface area (Å²) in [5.74, 6) is 0.116. The molecule has 0 aliphatic carbocycles. The third kappa shape index (κ3) is 3.83. The topological polar surface area (TPSA) is 51.7 Å². The van der Waals surface area contributed by atoms with Crippen molar-refractivity contribution in [3.63, 3.8) is 0 Å². The van der Waals surface area contributed by atoms with Crippen LogP contribution in [-0.2, 0) is 11.4 Å². The Morgan fingerprint density at radius 2 is 1.85 bits per heavy atom. The van der Waals surface area contributed by atoms with Crippen molar-refractivity contribution in [2.75, 3.05) is 12.0 Å². The summed E-state index contributed by atoms with van der Waals surface area (Å²) in [6, 6.07) is 13.4. The number of thiazole rings is 1. The van der Waals surface area contributed by atoms with Crippen molar-refractivity contribution in [2.24, 2.45) is 0 Å². The number of benzene rings is 2. The molecule has 0 N–H and O–H groups in total. The highest BCUT2D eigenvalue weighted by molar-refractivity contribution is 7.14. The summed E-state index contributed by atoms with van der Waals surface area (Å²) in [4.78, 5) is 18.1. The maximum atomic E-state index is 13.6. The zero-order valence-corrected chi connectivity index (χ0v) is 15.1. The fraction of sp³-hybridized carbons (Fsp3) is 0.158. The molecule has 1 aromatic heterocycles. The van der Waals surface area contributed by atoms with Crippen LogP contribution in [0.15, 0.2) is 53.9 Å². The van der Waals surface area contributed by atoms with E-state index in [1.165, 1.54) is 29.2 Å². The van der Waals surface area contributed by atoms with E-state index in [0.29, 0.717) is 22.3 Å². The number of hydrogen-bond donors (Lipinski definition) is 0. The van der Waals surface area contributed by atoms with Crippen LogP contribution in [0.3, 0.4) is 0 Å². The first-order valence-corrected chi connectivity index (χ1v) is 8.73. The lowest BCUT2D eigenvalue weighted by Crippen LogP contribution is -2.23. The molecule has 0 radical (unpaired) electrons. The zero-order valence-electron chi connectivity index (χ0n) is 14.3. The van der Waals surface area contributed by atoms with E-state index >= 15 is 0 Å². The molecule has 0 fully saturated rings. The average Bonchev–Trinajstić information content (AvgIpc) is 3.10. The first-order valence-electron chi connectivity index (χ1n) is 7.85. The van der Waals surface area contributed by atoms with Gasteiger partial charge in [0.2, 0.25) is 5.91 Å². The van der Waals surface area contributed by atoms with Crippen LogP contribution in [0.1, 0.15) is 12.6 Å². The Hall–Kier alpha value is -2.93. The van der Waals surface area contributed by atoms with E-state index in [4.69, 9.17) is 9.47 Å². The van der Waals surface area contributed by atoms with E-state index in [0.717, 1.165) is 0 Å². The minimum atomic E-state index is -0.428. The van der Waals surface area contributed by atoms with E-state index in [1.807, 2.05) is 12.1 Å². The molecule has 5 nitrogen and oxygen atoms in total. The fourth-order valence-electron chi connectivity index (χ4n) is 2.40. The average molecular weight is 372 g/mol. The van der Waals surface area contributed by atoms with Gasteiger partial charge in [0.15, 0.2) is 16.7 Å². The Morgan fingerprint density at radius 1 is 1.15 bits per heavy atom. The molecule has 0 aliphatic heterocycles. The minimum Gasteiger partial charge on any atom is -0.495 e. The molecule has 0 saturated heterocycles. The van der Waals surface area contributed by atoms with E-state index in [2.05, 4.69) is 4.98 Å². The highest BCUT2D eigenvalue weighted by Crippen LogP contribution is 2.35. The highest BCUT2D eigenvalue weighted by Gasteiger charge is 2.21. The lowest BCUT2D eigenvalue weighted by molar-refractivity contribution is -0.115. The van der Waals surface area contributed by atoms with Gasteiger partial charge in [-0.05, 0) is 24.3 Å². The summed E-state index contributed by atoms with van der Waals surface area (Å²) in [5, 5.41) is 2.27. The molecule has 0 unspecified atom stereocenters. The first kappa shape index (κ1) is 17.9. The van der Waals surface area contributed by atoms with Crippen molar-refractivity contribution < 1.29 is 18.7 Å². The number of aromatic nitrogens is 1. The Morgan fingerprint density at radius 3 is 2.54 bits per heavy atom. The van der Waals surface area contributed by atoms with Gasteiger partial charge in [0, 0.05) is 12.3 Å². The van der Waals surface area contributed by atoms with Gasteiger partial charge in [-0.2, -0.15) is 0 Å². The van der Waals surface area contributed by atoms with E-state index in [1.54, 1.807) is 42.8 Å². The number of hydrogen-bond acceptors (Lipinski definition) is 5. The minimum absolute atomic E-state index is 0.106. The maximum absolute atomic E-state index is 13.6. The molecule has 2 aromatic carbocycles. The van der Waals surface area contributed by atoms with Crippen molar-refractivity contribution in [1.29, 1.82) is 0 Å². The van der Waals surface area contributed by atoms with Crippen molar-refractivity contribution in [3.8, 4) is 11.5 Å². The third-order valence-electron chi connectivity index (χ3n) is 3.58. The number of methoxy groups -OCH3 is 1. The molecule has 3 rings (SSSR count). The van der Waals surface area contributed by atoms with Gasteiger partial charge in [0.25, 0.3) is 0 Å².